The normalized spacial score (nSPS) is 17.9. The predicted octanol–water partition coefficient (Wildman–Crippen LogP) is 1.35. The Kier molecular flexibility index (Phi) is 3.61. The first-order valence-corrected chi connectivity index (χ1v) is 6.89. The van der Waals surface area contributed by atoms with E-state index in [-0.39, 0.29) is 0 Å². The smallest absolute Gasteiger partial charge is 0.243 e. The summed E-state index contributed by atoms with van der Waals surface area (Å²) in [6.07, 6.45) is 1.56. The van der Waals surface area contributed by atoms with Gasteiger partial charge in [-0.15, -0.1) is 0 Å². The average Bonchev–Trinajstić information content (AvgIpc) is 2.39. The monoisotopic (exact) mass is 253 g/mol. The van der Waals surface area contributed by atoms with Crippen LogP contribution in [-0.4, -0.2) is 39.0 Å². The second-order valence-corrected chi connectivity index (χ2v) is 5.66. The molecule has 5 heteroatoms. The van der Waals surface area contributed by atoms with Crippen LogP contribution in [0.5, 0.6) is 0 Å². The van der Waals surface area contributed by atoms with Crippen molar-refractivity contribution in [1.29, 1.82) is 0 Å². The molecule has 2 rings (SSSR count). The van der Waals surface area contributed by atoms with Crippen molar-refractivity contribution in [3.05, 3.63) is 36.4 Å². The van der Waals surface area contributed by atoms with Crippen molar-refractivity contribution in [2.24, 2.45) is 0 Å². The number of ether oxygens (including phenoxy) is 1. The van der Waals surface area contributed by atoms with Gasteiger partial charge in [0.25, 0.3) is 0 Å². The summed E-state index contributed by atoms with van der Waals surface area (Å²) < 4.78 is 31.4. The summed E-state index contributed by atoms with van der Waals surface area (Å²) in [5.41, 5.74) is 0.638. The van der Waals surface area contributed by atoms with Crippen molar-refractivity contribution in [3.8, 4) is 0 Å². The fourth-order valence-electron chi connectivity index (χ4n) is 1.81. The van der Waals surface area contributed by atoms with Crippen LogP contribution in [0.25, 0.3) is 6.08 Å². The molecular formula is C12H15NO3S. The summed E-state index contributed by atoms with van der Waals surface area (Å²) in [6.45, 7) is 5.37. The lowest BCUT2D eigenvalue weighted by Gasteiger charge is -2.26. The predicted molar refractivity (Wildman–Crippen MR) is 66.1 cm³/mol. The summed E-state index contributed by atoms with van der Waals surface area (Å²) in [5, 5.41) is 0. The Hall–Kier alpha value is -1.17. The zero-order chi connectivity index (χ0) is 12.3. The van der Waals surface area contributed by atoms with Crippen molar-refractivity contribution in [2.75, 3.05) is 26.3 Å². The van der Waals surface area contributed by atoms with Gasteiger partial charge in [-0.2, -0.15) is 4.31 Å². The van der Waals surface area contributed by atoms with Gasteiger partial charge in [-0.1, -0.05) is 30.9 Å². The third-order valence-electron chi connectivity index (χ3n) is 2.73. The van der Waals surface area contributed by atoms with Crippen LogP contribution in [0, 0.1) is 0 Å². The maximum Gasteiger partial charge on any atom is 0.243 e. The fourth-order valence-corrected chi connectivity index (χ4v) is 3.42. The van der Waals surface area contributed by atoms with E-state index in [0.717, 1.165) is 0 Å². The van der Waals surface area contributed by atoms with Crippen molar-refractivity contribution in [2.45, 2.75) is 4.90 Å². The molecule has 0 amide bonds. The van der Waals surface area contributed by atoms with Crippen LogP contribution in [0.1, 0.15) is 5.56 Å². The van der Waals surface area contributed by atoms with Gasteiger partial charge in [0.2, 0.25) is 10.0 Å². The molecule has 1 aromatic rings. The van der Waals surface area contributed by atoms with Gasteiger partial charge in [-0.05, 0) is 11.6 Å². The van der Waals surface area contributed by atoms with Crippen molar-refractivity contribution < 1.29 is 13.2 Å². The molecule has 1 saturated heterocycles. The van der Waals surface area contributed by atoms with Gasteiger partial charge in [-0.3, -0.25) is 0 Å². The number of hydrogen-bond acceptors (Lipinski definition) is 3. The van der Waals surface area contributed by atoms with E-state index in [2.05, 4.69) is 6.58 Å². The molecule has 92 valence electrons. The first-order chi connectivity index (χ1) is 8.16. The third-order valence-corrected chi connectivity index (χ3v) is 4.70. The average molecular weight is 253 g/mol. The molecule has 1 aliphatic rings. The molecule has 0 N–H and O–H groups in total. The Balaban J connectivity index is 2.40. The first kappa shape index (κ1) is 12.3. The highest BCUT2D eigenvalue weighted by atomic mass is 32.2. The van der Waals surface area contributed by atoms with Gasteiger partial charge in [0.05, 0.1) is 18.1 Å². The molecule has 0 aliphatic carbocycles. The highest BCUT2D eigenvalue weighted by Crippen LogP contribution is 2.21. The molecule has 0 radical (unpaired) electrons. The molecule has 1 heterocycles. The van der Waals surface area contributed by atoms with E-state index in [9.17, 15) is 8.42 Å². The minimum Gasteiger partial charge on any atom is -0.379 e. The third kappa shape index (κ3) is 2.41. The molecule has 1 fully saturated rings. The minimum absolute atomic E-state index is 0.317. The largest absolute Gasteiger partial charge is 0.379 e. The van der Waals surface area contributed by atoms with Gasteiger partial charge in [0.1, 0.15) is 0 Å². The zero-order valence-corrected chi connectivity index (χ0v) is 10.3. The Bertz CT molecular complexity index is 504. The molecule has 0 spiro atoms. The number of rotatable bonds is 3. The van der Waals surface area contributed by atoms with Crippen molar-refractivity contribution in [3.63, 3.8) is 0 Å². The van der Waals surface area contributed by atoms with Crippen molar-refractivity contribution in [1.82, 2.24) is 4.31 Å². The number of benzene rings is 1. The molecule has 0 saturated carbocycles. The lowest BCUT2D eigenvalue weighted by molar-refractivity contribution is 0.0730. The van der Waals surface area contributed by atoms with E-state index in [1.807, 2.05) is 0 Å². The SMILES string of the molecule is C=Cc1ccccc1S(=O)(=O)N1CCOCC1. The molecule has 0 atom stereocenters. The highest BCUT2D eigenvalue weighted by molar-refractivity contribution is 7.89. The van der Waals surface area contributed by atoms with Gasteiger partial charge in [0.15, 0.2) is 0 Å². The second-order valence-electron chi connectivity index (χ2n) is 3.76. The van der Waals surface area contributed by atoms with E-state index in [4.69, 9.17) is 4.74 Å². The molecule has 4 nitrogen and oxygen atoms in total. The summed E-state index contributed by atoms with van der Waals surface area (Å²) in [4.78, 5) is 0.317. The topological polar surface area (TPSA) is 46.6 Å². The number of morpholine rings is 1. The van der Waals surface area contributed by atoms with E-state index in [1.165, 1.54) is 4.31 Å². The van der Waals surface area contributed by atoms with Crippen LogP contribution < -0.4 is 0 Å². The standard InChI is InChI=1S/C12H15NO3S/c1-2-11-5-3-4-6-12(11)17(14,15)13-7-9-16-10-8-13/h2-6H,1,7-10H2. The van der Waals surface area contributed by atoms with Crippen LogP contribution in [0.15, 0.2) is 35.7 Å². The van der Waals surface area contributed by atoms with Gasteiger partial charge >= 0.3 is 0 Å². The van der Waals surface area contributed by atoms with Gasteiger partial charge in [0, 0.05) is 13.1 Å². The van der Waals surface area contributed by atoms with E-state index in [1.54, 1.807) is 30.3 Å². The molecule has 1 aliphatic heterocycles. The number of sulfonamides is 1. The van der Waals surface area contributed by atoms with Crippen LogP contribution in [0.3, 0.4) is 0 Å². The molecule has 1 aromatic carbocycles. The molecule has 0 bridgehead atoms. The molecule has 17 heavy (non-hydrogen) atoms. The maximum atomic E-state index is 12.4. The van der Waals surface area contributed by atoms with Gasteiger partial charge in [-0.25, -0.2) is 8.42 Å². The molecular weight excluding hydrogens is 238 g/mol. The second kappa shape index (κ2) is 5.00. The number of nitrogens with zero attached hydrogens (tertiary/aromatic N) is 1. The van der Waals surface area contributed by atoms with Crippen LogP contribution >= 0.6 is 0 Å². The molecule has 0 unspecified atom stereocenters. The first-order valence-electron chi connectivity index (χ1n) is 5.45. The zero-order valence-electron chi connectivity index (χ0n) is 9.50. The summed E-state index contributed by atoms with van der Waals surface area (Å²) >= 11 is 0. The maximum absolute atomic E-state index is 12.4. The number of hydrogen-bond donors (Lipinski definition) is 0. The highest BCUT2D eigenvalue weighted by Gasteiger charge is 2.27. The Labute approximate surface area is 102 Å². The quantitative estimate of drug-likeness (QED) is 0.817. The van der Waals surface area contributed by atoms with Crippen LogP contribution in [-0.2, 0) is 14.8 Å². The summed E-state index contributed by atoms with van der Waals surface area (Å²) in [5.74, 6) is 0. The Morgan fingerprint density at radius 1 is 1.24 bits per heavy atom. The minimum atomic E-state index is -3.42. The lowest BCUT2D eigenvalue weighted by atomic mass is 10.2. The van der Waals surface area contributed by atoms with Crippen LogP contribution in [0.2, 0.25) is 0 Å². The molecule has 0 aromatic heterocycles. The Morgan fingerprint density at radius 3 is 2.53 bits per heavy atom. The fraction of sp³-hybridized carbons (Fsp3) is 0.333. The van der Waals surface area contributed by atoms with Gasteiger partial charge < -0.3 is 4.74 Å². The Morgan fingerprint density at radius 2 is 1.88 bits per heavy atom. The summed E-state index contributed by atoms with van der Waals surface area (Å²) in [7, 11) is -3.42. The van der Waals surface area contributed by atoms with E-state index in [0.29, 0.717) is 36.8 Å². The lowest BCUT2D eigenvalue weighted by Crippen LogP contribution is -2.40. The van der Waals surface area contributed by atoms with Crippen LogP contribution in [0.4, 0.5) is 0 Å². The van der Waals surface area contributed by atoms with E-state index < -0.39 is 10.0 Å². The van der Waals surface area contributed by atoms with Crippen molar-refractivity contribution >= 4 is 16.1 Å². The summed E-state index contributed by atoms with van der Waals surface area (Å²) in [6, 6.07) is 6.89. The van der Waals surface area contributed by atoms with E-state index >= 15 is 0 Å².